The van der Waals surface area contributed by atoms with Crippen molar-refractivity contribution in [2.24, 2.45) is 0 Å². The van der Waals surface area contributed by atoms with Gasteiger partial charge in [0, 0.05) is 36.0 Å². The maximum Gasteiger partial charge on any atom is 0.215 e. The molecule has 2 aliphatic heterocycles. The van der Waals surface area contributed by atoms with E-state index in [1.165, 1.54) is 5.56 Å². The first-order valence-corrected chi connectivity index (χ1v) is 12.6. The standard InChI is InChI=1S/C27H34N6O2/c1-3-4-15-35-25-7-5-6-24(31-25)29-21-10-8-20(9-11-21)26-30-23-17-28-13-12-22(23)27(32-26)33-14-16-34-18-19(33)2/h5-11,19,28H,3-4,12-18H2,1-2H3,(H,29,31)/t19-/m0/s1. The molecule has 2 aliphatic rings. The van der Waals surface area contributed by atoms with E-state index in [1.807, 2.05) is 30.3 Å². The molecule has 5 rings (SSSR count). The SMILES string of the molecule is CCCCOc1cccc(Nc2ccc(-c3nc4c(c(N5CCOC[C@@H]5C)n3)CCNC4)cc2)n1. The van der Waals surface area contributed by atoms with Gasteiger partial charge in [0.2, 0.25) is 5.88 Å². The lowest BCUT2D eigenvalue weighted by Gasteiger charge is -2.36. The molecule has 0 radical (unpaired) electrons. The summed E-state index contributed by atoms with van der Waals surface area (Å²) < 4.78 is 11.4. The molecular weight excluding hydrogens is 440 g/mol. The number of anilines is 3. The fourth-order valence-corrected chi connectivity index (χ4v) is 4.48. The Morgan fingerprint density at radius 1 is 1.14 bits per heavy atom. The lowest BCUT2D eigenvalue weighted by Crippen LogP contribution is -2.45. The summed E-state index contributed by atoms with van der Waals surface area (Å²) in [4.78, 5) is 17.0. The van der Waals surface area contributed by atoms with Gasteiger partial charge >= 0.3 is 0 Å². The molecule has 8 heteroatoms. The second kappa shape index (κ2) is 11.0. The number of nitrogens with one attached hydrogen (secondary N) is 2. The topological polar surface area (TPSA) is 84.4 Å². The van der Waals surface area contributed by atoms with E-state index in [4.69, 9.17) is 19.4 Å². The van der Waals surface area contributed by atoms with Gasteiger partial charge in [-0.2, -0.15) is 4.98 Å². The van der Waals surface area contributed by atoms with Crippen LogP contribution >= 0.6 is 0 Å². The van der Waals surface area contributed by atoms with Crippen LogP contribution in [-0.4, -0.2) is 53.9 Å². The highest BCUT2D eigenvalue weighted by Gasteiger charge is 2.27. The number of nitrogens with zero attached hydrogens (tertiary/aromatic N) is 4. The fraction of sp³-hybridized carbons (Fsp3) is 0.444. The molecule has 1 atom stereocenters. The molecule has 1 saturated heterocycles. The van der Waals surface area contributed by atoms with Crippen molar-refractivity contribution >= 4 is 17.3 Å². The van der Waals surface area contributed by atoms with Gasteiger partial charge in [-0.25, -0.2) is 9.97 Å². The van der Waals surface area contributed by atoms with E-state index in [1.54, 1.807) is 0 Å². The van der Waals surface area contributed by atoms with Crippen LogP contribution < -0.4 is 20.3 Å². The van der Waals surface area contributed by atoms with Gasteiger partial charge in [-0.05, 0) is 56.6 Å². The second-order valence-corrected chi connectivity index (χ2v) is 9.11. The number of rotatable bonds is 8. The maximum absolute atomic E-state index is 5.73. The number of morpholine rings is 1. The van der Waals surface area contributed by atoms with E-state index >= 15 is 0 Å². The Morgan fingerprint density at radius 3 is 2.86 bits per heavy atom. The van der Waals surface area contributed by atoms with Crippen molar-refractivity contribution in [1.29, 1.82) is 0 Å². The molecule has 0 spiro atoms. The Balaban J connectivity index is 1.36. The zero-order valence-electron chi connectivity index (χ0n) is 20.6. The van der Waals surface area contributed by atoms with E-state index in [9.17, 15) is 0 Å². The molecule has 4 heterocycles. The summed E-state index contributed by atoms with van der Waals surface area (Å²) >= 11 is 0. The number of benzene rings is 1. The summed E-state index contributed by atoms with van der Waals surface area (Å²) in [5, 5.41) is 6.83. The highest BCUT2D eigenvalue weighted by Crippen LogP contribution is 2.30. The largest absolute Gasteiger partial charge is 0.478 e. The summed E-state index contributed by atoms with van der Waals surface area (Å²) in [6, 6.07) is 14.3. The molecule has 0 bridgehead atoms. The Hall–Kier alpha value is -3.23. The molecule has 0 aliphatic carbocycles. The van der Waals surface area contributed by atoms with Crippen molar-refractivity contribution in [3.8, 4) is 17.3 Å². The number of unbranched alkanes of at least 4 members (excludes halogenated alkanes) is 1. The van der Waals surface area contributed by atoms with E-state index < -0.39 is 0 Å². The van der Waals surface area contributed by atoms with Crippen LogP contribution in [0.3, 0.4) is 0 Å². The van der Waals surface area contributed by atoms with Gasteiger partial charge in [-0.3, -0.25) is 0 Å². The Morgan fingerprint density at radius 2 is 2.03 bits per heavy atom. The average Bonchev–Trinajstić information content (AvgIpc) is 2.89. The van der Waals surface area contributed by atoms with Gasteiger partial charge in [0.25, 0.3) is 0 Å². The number of aromatic nitrogens is 3. The fourth-order valence-electron chi connectivity index (χ4n) is 4.48. The molecule has 0 amide bonds. The second-order valence-electron chi connectivity index (χ2n) is 9.11. The number of ether oxygens (including phenoxy) is 2. The Bertz CT molecular complexity index is 1140. The van der Waals surface area contributed by atoms with E-state index in [0.717, 1.165) is 86.5 Å². The predicted octanol–water partition coefficient (Wildman–Crippen LogP) is 4.33. The first kappa shape index (κ1) is 23.5. The third kappa shape index (κ3) is 5.55. The van der Waals surface area contributed by atoms with Gasteiger partial charge < -0.3 is 25.0 Å². The van der Waals surface area contributed by atoms with Crippen LogP contribution in [0.4, 0.5) is 17.3 Å². The van der Waals surface area contributed by atoms with Crippen molar-refractivity contribution in [2.75, 3.05) is 43.1 Å². The van der Waals surface area contributed by atoms with Gasteiger partial charge in [-0.15, -0.1) is 0 Å². The lowest BCUT2D eigenvalue weighted by atomic mass is 10.0. The number of fused-ring (bicyclic) bond motifs is 1. The molecule has 0 unspecified atom stereocenters. The maximum atomic E-state index is 5.73. The molecule has 35 heavy (non-hydrogen) atoms. The third-order valence-corrected chi connectivity index (χ3v) is 6.44. The van der Waals surface area contributed by atoms with Crippen LogP contribution in [-0.2, 0) is 17.7 Å². The van der Waals surface area contributed by atoms with Crippen LogP contribution in [0, 0.1) is 0 Å². The van der Waals surface area contributed by atoms with Crippen molar-refractivity contribution in [2.45, 2.75) is 45.7 Å². The van der Waals surface area contributed by atoms with Crippen LogP contribution in [0.15, 0.2) is 42.5 Å². The Labute approximate surface area is 207 Å². The monoisotopic (exact) mass is 474 g/mol. The van der Waals surface area contributed by atoms with Gasteiger partial charge in [-0.1, -0.05) is 19.4 Å². The van der Waals surface area contributed by atoms with E-state index in [2.05, 4.69) is 46.5 Å². The molecule has 1 aromatic carbocycles. The summed E-state index contributed by atoms with van der Waals surface area (Å²) in [7, 11) is 0. The lowest BCUT2D eigenvalue weighted by molar-refractivity contribution is 0.0984. The number of hydrogen-bond acceptors (Lipinski definition) is 8. The number of hydrogen-bond donors (Lipinski definition) is 2. The first-order valence-electron chi connectivity index (χ1n) is 12.6. The molecule has 184 valence electrons. The third-order valence-electron chi connectivity index (χ3n) is 6.44. The van der Waals surface area contributed by atoms with Crippen molar-refractivity contribution in [3.63, 3.8) is 0 Å². The van der Waals surface area contributed by atoms with Crippen LogP contribution in [0.1, 0.15) is 37.9 Å². The predicted molar refractivity (Wildman–Crippen MR) is 138 cm³/mol. The molecule has 3 aromatic rings. The highest BCUT2D eigenvalue weighted by molar-refractivity contribution is 5.66. The average molecular weight is 475 g/mol. The minimum atomic E-state index is 0.297. The van der Waals surface area contributed by atoms with Gasteiger partial charge in [0.15, 0.2) is 5.82 Å². The van der Waals surface area contributed by atoms with Crippen LogP contribution in [0.25, 0.3) is 11.4 Å². The smallest absolute Gasteiger partial charge is 0.215 e. The van der Waals surface area contributed by atoms with Crippen molar-refractivity contribution in [3.05, 3.63) is 53.7 Å². The highest BCUT2D eigenvalue weighted by atomic mass is 16.5. The molecule has 1 fully saturated rings. The normalized spacial score (nSPS) is 17.7. The van der Waals surface area contributed by atoms with Gasteiger partial charge in [0.05, 0.1) is 31.6 Å². The summed E-state index contributed by atoms with van der Waals surface area (Å²) in [6.45, 7) is 9.08. The summed E-state index contributed by atoms with van der Waals surface area (Å²) in [5.41, 5.74) is 4.32. The van der Waals surface area contributed by atoms with Crippen molar-refractivity contribution in [1.82, 2.24) is 20.3 Å². The zero-order valence-corrected chi connectivity index (χ0v) is 20.6. The molecule has 2 aromatic heterocycles. The zero-order chi connectivity index (χ0) is 24.0. The first-order chi connectivity index (χ1) is 17.2. The summed E-state index contributed by atoms with van der Waals surface area (Å²) in [6.07, 6.45) is 3.07. The molecular formula is C27H34N6O2. The molecule has 0 saturated carbocycles. The minimum Gasteiger partial charge on any atom is -0.478 e. The summed E-state index contributed by atoms with van der Waals surface area (Å²) in [5.74, 6) is 3.22. The van der Waals surface area contributed by atoms with E-state index in [0.29, 0.717) is 18.5 Å². The van der Waals surface area contributed by atoms with Crippen molar-refractivity contribution < 1.29 is 9.47 Å². The quantitative estimate of drug-likeness (QED) is 0.467. The van der Waals surface area contributed by atoms with E-state index in [-0.39, 0.29) is 0 Å². The molecule has 2 N–H and O–H groups in total. The Kier molecular flexibility index (Phi) is 7.39. The molecule has 8 nitrogen and oxygen atoms in total. The van der Waals surface area contributed by atoms with Gasteiger partial charge in [0.1, 0.15) is 11.6 Å². The van der Waals surface area contributed by atoms with Crippen LogP contribution in [0.2, 0.25) is 0 Å². The number of pyridine rings is 1. The minimum absolute atomic E-state index is 0.297. The van der Waals surface area contributed by atoms with Crippen LogP contribution in [0.5, 0.6) is 5.88 Å².